The molecule has 0 aliphatic heterocycles. The van der Waals surface area contributed by atoms with Gasteiger partial charge in [0.05, 0.1) is 9.79 Å². The Bertz CT molecular complexity index is 229. The van der Waals surface area contributed by atoms with Gasteiger partial charge in [-0.05, 0) is 25.0 Å². The minimum Gasteiger partial charge on any atom is -0.506 e. The summed E-state index contributed by atoms with van der Waals surface area (Å²) in [5.74, 6) is -0.0478. The molecule has 0 amide bonds. The highest BCUT2D eigenvalue weighted by molar-refractivity contribution is 7.81. The Morgan fingerprint density at radius 2 is 1.33 bits per heavy atom. The molecule has 0 saturated carbocycles. The van der Waals surface area contributed by atoms with Crippen LogP contribution in [0.5, 0.6) is 11.5 Å². The van der Waals surface area contributed by atoms with Gasteiger partial charge in [-0.15, -0.1) is 25.3 Å². The minimum atomic E-state index is -0.0673. The van der Waals surface area contributed by atoms with Gasteiger partial charge in [0, 0.05) is 0 Å². The van der Waals surface area contributed by atoms with E-state index in [0.717, 1.165) is 5.56 Å². The van der Waals surface area contributed by atoms with Gasteiger partial charge in [0.2, 0.25) is 0 Å². The molecule has 0 spiro atoms. The molecule has 0 heterocycles. The van der Waals surface area contributed by atoms with E-state index in [2.05, 4.69) is 25.3 Å². The van der Waals surface area contributed by atoms with Crippen molar-refractivity contribution in [3.63, 3.8) is 0 Å². The Labute approximate surface area is 82.1 Å². The third-order valence-electron chi connectivity index (χ3n) is 1.95. The molecule has 0 radical (unpaired) electrons. The lowest BCUT2D eigenvalue weighted by atomic mass is 10.1. The van der Waals surface area contributed by atoms with Crippen LogP contribution >= 0.6 is 25.3 Å². The normalized spacial score (nSPS) is 10.3. The van der Waals surface area contributed by atoms with Crippen LogP contribution in [-0.4, -0.2) is 10.2 Å². The maximum Gasteiger partial charge on any atom is 0.146 e. The monoisotopic (exact) mass is 202 g/mol. The van der Waals surface area contributed by atoms with Gasteiger partial charge in [0.1, 0.15) is 11.5 Å². The van der Waals surface area contributed by atoms with Crippen molar-refractivity contribution in [1.82, 2.24) is 0 Å². The summed E-state index contributed by atoms with van der Waals surface area (Å²) in [4.78, 5) is 0.651. The Kier molecular flexibility index (Phi) is 2.49. The van der Waals surface area contributed by atoms with Crippen LogP contribution in [0.2, 0.25) is 0 Å². The summed E-state index contributed by atoms with van der Waals surface area (Å²) < 4.78 is 0. The van der Waals surface area contributed by atoms with Gasteiger partial charge in [0.25, 0.3) is 0 Å². The first-order chi connectivity index (χ1) is 5.46. The molecule has 1 rings (SSSR count). The number of hydrogen-bond donors (Lipinski definition) is 4. The standard InChI is InChI=1S/C8H10O2S2/c1-3-4(2)7(11)6(10)8(12)5(3)9/h9-12H,1-2H3. The quantitative estimate of drug-likeness (QED) is 0.488. The third-order valence-corrected chi connectivity index (χ3v) is 2.92. The topological polar surface area (TPSA) is 40.5 Å². The average molecular weight is 202 g/mol. The highest BCUT2D eigenvalue weighted by Crippen LogP contribution is 2.41. The number of thiol groups is 2. The predicted molar refractivity (Wildman–Crippen MR) is 53.7 cm³/mol. The van der Waals surface area contributed by atoms with Crippen LogP contribution in [0.15, 0.2) is 9.79 Å². The Morgan fingerprint density at radius 1 is 0.833 bits per heavy atom. The van der Waals surface area contributed by atoms with Crippen molar-refractivity contribution < 1.29 is 10.2 Å². The van der Waals surface area contributed by atoms with Crippen LogP contribution in [-0.2, 0) is 0 Å². The SMILES string of the molecule is Cc1c(C)c(S)c(O)c(S)c1O. The van der Waals surface area contributed by atoms with E-state index in [1.165, 1.54) is 0 Å². The Balaban J connectivity index is 3.60. The molecule has 1 aromatic rings. The molecule has 0 atom stereocenters. The summed E-state index contributed by atoms with van der Waals surface area (Å²) in [6, 6.07) is 0. The van der Waals surface area contributed by atoms with E-state index in [-0.39, 0.29) is 16.4 Å². The molecule has 0 aromatic heterocycles. The molecule has 4 heteroatoms. The maximum atomic E-state index is 9.42. The molecule has 12 heavy (non-hydrogen) atoms. The molecule has 0 unspecified atom stereocenters. The fourth-order valence-corrected chi connectivity index (χ4v) is 1.58. The van der Waals surface area contributed by atoms with Crippen molar-refractivity contribution in [2.45, 2.75) is 23.6 Å². The summed E-state index contributed by atoms with van der Waals surface area (Å²) in [6.07, 6.45) is 0. The van der Waals surface area contributed by atoms with E-state index in [9.17, 15) is 10.2 Å². The van der Waals surface area contributed by atoms with E-state index < -0.39 is 0 Å². The van der Waals surface area contributed by atoms with E-state index in [1.807, 2.05) is 0 Å². The minimum absolute atomic E-state index is 0.0196. The molecular weight excluding hydrogens is 192 g/mol. The summed E-state index contributed by atoms with van der Waals surface area (Å²) in [5.41, 5.74) is 1.47. The smallest absolute Gasteiger partial charge is 0.146 e. The van der Waals surface area contributed by atoms with Crippen LogP contribution in [0, 0.1) is 13.8 Å². The molecular formula is C8H10O2S2. The first-order valence-corrected chi connectivity index (χ1v) is 4.29. The fraction of sp³-hybridized carbons (Fsp3) is 0.250. The van der Waals surface area contributed by atoms with Gasteiger partial charge in [0.15, 0.2) is 0 Å². The van der Waals surface area contributed by atoms with Gasteiger partial charge in [-0.2, -0.15) is 0 Å². The number of phenolic OH excluding ortho intramolecular Hbond substituents is 2. The summed E-state index contributed by atoms with van der Waals surface area (Å²) >= 11 is 8.04. The first-order valence-electron chi connectivity index (χ1n) is 3.39. The molecule has 0 bridgehead atoms. The molecule has 0 aliphatic rings. The van der Waals surface area contributed by atoms with E-state index in [1.54, 1.807) is 13.8 Å². The second-order valence-electron chi connectivity index (χ2n) is 2.64. The van der Waals surface area contributed by atoms with Gasteiger partial charge in [-0.25, -0.2) is 0 Å². The zero-order valence-corrected chi connectivity index (χ0v) is 8.58. The van der Waals surface area contributed by atoms with Gasteiger partial charge in [-0.3, -0.25) is 0 Å². The van der Waals surface area contributed by atoms with Crippen LogP contribution in [0.4, 0.5) is 0 Å². The fourth-order valence-electron chi connectivity index (χ4n) is 0.935. The van der Waals surface area contributed by atoms with E-state index >= 15 is 0 Å². The highest BCUT2D eigenvalue weighted by atomic mass is 32.1. The first kappa shape index (κ1) is 9.61. The van der Waals surface area contributed by atoms with E-state index in [4.69, 9.17) is 0 Å². The van der Waals surface area contributed by atoms with Gasteiger partial charge in [-0.1, -0.05) is 0 Å². The molecule has 0 aliphatic carbocycles. The predicted octanol–water partition coefficient (Wildman–Crippen LogP) is 2.29. The molecule has 1 aromatic carbocycles. The number of benzene rings is 1. The average Bonchev–Trinajstić information content (AvgIpc) is 2.08. The van der Waals surface area contributed by atoms with Crippen molar-refractivity contribution in [2.24, 2.45) is 0 Å². The molecule has 2 nitrogen and oxygen atoms in total. The number of rotatable bonds is 0. The van der Waals surface area contributed by atoms with Crippen LogP contribution in [0.25, 0.3) is 0 Å². The zero-order valence-electron chi connectivity index (χ0n) is 6.79. The summed E-state index contributed by atoms with van der Waals surface area (Å²) in [6.45, 7) is 3.54. The lowest BCUT2D eigenvalue weighted by molar-refractivity contribution is 0.415. The van der Waals surface area contributed by atoms with Crippen molar-refractivity contribution in [2.75, 3.05) is 0 Å². The van der Waals surface area contributed by atoms with E-state index in [0.29, 0.717) is 10.5 Å². The Hall–Kier alpha value is -0.480. The molecule has 0 saturated heterocycles. The van der Waals surface area contributed by atoms with Crippen molar-refractivity contribution >= 4 is 25.3 Å². The third kappa shape index (κ3) is 1.25. The number of phenols is 2. The zero-order chi connectivity index (χ0) is 9.46. The summed E-state index contributed by atoms with van der Waals surface area (Å²) in [7, 11) is 0. The van der Waals surface area contributed by atoms with Crippen LogP contribution < -0.4 is 0 Å². The lowest BCUT2D eigenvalue weighted by Gasteiger charge is -2.11. The maximum absolute atomic E-state index is 9.42. The van der Waals surface area contributed by atoms with Gasteiger partial charge >= 0.3 is 0 Å². The second-order valence-corrected chi connectivity index (χ2v) is 3.54. The van der Waals surface area contributed by atoms with Crippen LogP contribution in [0.1, 0.15) is 11.1 Å². The van der Waals surface area contributed by atoms with Gasteiger partial charge < -0.3 is 10.2 Å². The molecule has 66 valence electrons. The van der Waals surface area contributed by atoms with Crippen molar-refractivity contribution in [3.05, 3.63) is 11.1 Å². The largest absolute Gasteiger partial charge is 0.506 e. The van der Waals surface area contributed by atoms with Crippen LogP contribution in [0.3, 0.4) is 0 Å². The highest BCUT2D eigenvalue weighted by Gasteiger charge is 2.13. The van der Waals surface area contributed by atoms with Crippen molar-refractivity contribution in [1.29, 1.82) is 0 Å². The molecule has 0 fully saturated rings. The molecule has 2 N–H and O–H groups in total. The number of aromatic hydroxyl groups is 2. The lowest BCUT2D eigenvalue weighted by Crippen LogP contribution is -1.87. The number of hydrogen-bond acceptors (Lipinski definition) is 4. The van der Waals surface area contributed by atoms with Crippen molar-refractivity contribution in [3.8, 4) is 11.5 Å². The second kappa shape index (κ2) is 3.11. The Morgan fingerprint density at radius 3 is 1.83 bits per heavy atom. The summed E-state index contributed by atoms with van der Waals surface area (Å²) in [5, 5.41) is 18.8.